The molecule has 0 aliphatic carbocycles. The fourth-order valence-electron chi connectivity index (χ4n) is 0.815. The molecule has 0 unspecified atom stereocenters. The van der Waals surface area contributed by atoms with Gasteiger partial charge in [0.25, 0.3) is 0 Å². The highest BCUT2D eigenvalue weighted by Gasteiger charge is 2.34. The third-order valence-corrected chi connectivity index (χ3v) is 1.85. The molecule has 0 heterocycles. The molecule has 0 bridgehead atoms. The van der Waals surface area contributed by atoms with Crippen LogP contribution in [0.15, 0.2) is 22.7 Å². The first-order chi connectivity index (χ1) is 7.09. The summed E-state index contributed by atoms with van der Waals surface area (Å²) < 4.78 is 62.3. The van der Waals surface area contributed by atoms with Crippen LogP contribution in [0.1, 0.15) is 9.68 Å². The van der Waals surface area contributed by atoms with Gasteiger partial charge in [0.2, 0.25) is 0 Å². The normalized spacial score (nSPS) is 15.8. The third-order valence-electron chi connectivity index (χ3n) is 1.36. The number of halogens is 4. The fraction of sp³-hybridized carbons (Fsp3) is 0.250. The van der Waals surface area contributed by atoms with Crippen LogP contribution in [-0.4, -0.2) is 7.04 Å². The Bertz CT molecular complexity index is 389. The van der Waals surface area contributed by atoms with Gasteiger partial charge in [-0.05, 0) is 18.2 Å². The molecular weight excluding hydrogens is 249 g/mol. The highest BCUT2D eigenvalue weighted by molar-refractivity contribution is 9.10. The van der Waals surface area contributed by atoms with Gasteiger partial charge in [0, 0.05) is 4.47 Å². The highest BCUT2D eigenvalue weighted by atomic mass is 79.9. The van der Waals surface area contributed by atoms with Crippen molar-refractivity contribution in [3.05, 3.63) is 28.2 Å². The van der Waals surface area contributed by atoms with E-state index in [0.717, 1.165) is 18.2 Å². The number of alkyl halides is 3. The molecule has 1 nitrogen and oxygen atoms in total. The summed E-state index contributed by atoms with van der Waals surface area (Å²) in [6.45, 7) is 0. The van der Waals surface area contributed by atoms with Crippen molar-refractivity contribution in [3.8, 4) is 5.75 Å². The maximum absolute atomic E-state index is 12.5. The summed E-state index contributed by atoms with van der Waals surface area (Å²) in [6, 6.07) is 2.88. The first-order valence-electron chi connectivity index (χ1n) is 4.65. The molecule has 5 heteroatoms. The van der Waals surface area contributed by atoms with Gasteiger partial charge in [-0.2, -0.15) is 13.2 Å². The van der Waals surface area contributed by atoms with Crippen molar-refractivity contribution in [2.45, 2.75) is 6.18 Å². The van der Waals surface area contributed by atoms with Gasteiger partial charge in [-0.3, -0.25) is 0 Å². The van der Waals surface area contributed by atoms with Gasteiger partial charge < -0.3 is 4.74 Å². The Labute approximate surface area is 85.9 Å². The Balaban J connectivity index is 3.19. The van der Waals surface area contributed by atoms with Gasteiger partial charge in [0.1, 0.15) is 5.75 Å². The molecule has 72 valence electrons. The topological polar surface area (TPSA) is 9.23 Å². The molecule has 0 N–H and O–H groups in total. The van der Waals surface area contributed by atoms with Crippen LogP contribution in [0.2, 0.25) is 0 Å². The Morgan fingerprint density at radius 3 is 2.69 bits per heavy atom. The number of rotatable bonds is 1. The van der Waals surface area contributed by atoms with Crippen LogP contribution in [0.3, 0.4) is 0 Å². The van der Waals surface area contributed by atoms with Crippen molar-refractivity contribution in [2.24, 2.45) is 0 Å². The molecule has 0 amide bonds. The summed E-state index contributed by atoms with van der Waals surface area (Å²) in [6.07, 6.45) is -4.65. The molecule has 0 saturated carbocycles. The lowest BCUT2D eigenvalue weighted by molar-refractivity contribution is -0.138. The lowest BCUT2D eigenvalue weighted by Gasteiger charge is -2.11. The minimum atomic E-state index is -4.65. The van der Waals surface area contributed by atoms with E-state index in [1.165, 1.54) is 0 Å². The van der Waals surface area contributed by atoms with Crippen molar-refractivity contribution >= 4 is 15.9 Å². The molecule has 1 aromatic rings. The van der Waals surface area contributed by atoms with Gasteiger partial charge >= 0.3 is 6.18 Å². The van der Waals surface area contributed by atoms with Gasteiger partial charge in [0.15, 0.2) is 0 Å². The molecule has 0 atom stereocenters. The minimum absolute atomic E-state index is 0.305. The van der Waals surface area contributed by atoms with Crippen LogP contribution in [0, 0.1) is 0 Å². The van der Waals surface area contributed by atoms with Gasteiger partial charge in [0.05, 0.1) is 16.7 Å². The molecule has 0 fully saturated rings. The first-order valence-corrected chi connectivity index (χ1v) is 3.95. The second kappa shape index (κ2) is 3.57. The summed E-state index contributed by atoms with van der Waals surface area (Å²) in [5.74, 6) is -0.720. The summed E-state index contributed by atoms with van der Waals surface area (Å²) in [5.41, 5.74) is -1.12. The first kappa shape index (κ1) is 6.70. The van der Waals surface area contributed by atoms with E-state index in [4.69, 9.17) is 4.11 Å². The van der Waals surface area contributed by atoms with Crippen molar-refractivity contribution in [3.63, 3.8) is 0 Å². The van der Waals surface area contributed by atoms with E-state index in [9.17, 15) is 13.2 Å². The van der Waals surface area contributed by atoms with E-state index in [2.05, 4.69) is 20.7 Å². The maximum atomic E-state index is 12.5. The van der Waals surface area contributed by atoms with Gasteiger partial charge in [-0.15, -0.1) is 0 Å². The van der Waals surface area contributed by atoms with Crippen LogP contribution in [0.4, 0.5) is 13.2 Å². The predicted octanol–water partition coefficient (Wildman–Crippen LogP) is 3.48. The van der Waals surface area contributed by atoms with E-state index >= 15 is 0 Å². The Morgan fingerprint density at radius 2 is 2.15 bits per heavy atom. The molecule has 0 spiro atoms. The largest absolute Gasteiger partial charge is 0.496 e. The SMILES string of the molecule is [2H]C([2H])([2H])Oc1cc(Br)ccc1C(F)(F)F. The molecule has 13 heavy (non-hydrogen) atoms. The van der Waals surface area contributed by atoms with E-state index in [-0.39, 0.29) is 0 Å². The van der Waals surface area contributed by atoms with Crippen LogP contribution in [0.25, 0.3) is 0 Å². The number of hydrogen-bond donors (Lipinski definition) is 0. The monoisotopic (exact) mass is 257 g/mol. The fourth-order valence-corrected chi connectivity index (χ4v) is 1.15. The average Bonchev–Trinajstić information content (AvgIpc) is 1.97. The van der Waals surface area contributed by atoms with Crippen molar-refractivity contribution < 1.29 is 22.0 Å². The Kier molecular flexibility index (Phi) is 1.84. The zero-order valence-electron chi connectivity index (χ0n) is 9.15. The van der Waals surface area contributed by atoms with Crippen molar-refractivity contribution in [2.75, 3.05) is 7.04 Å². The molecule has 0 aliphatic rings. The van der Waals surface area contributed by atoms with Crippen LogP contribution >= 0.6 is 15.9 Å². The molecule has 0 radical (unpaired) electrons. The Morgan fingerprint density at radius 1 is 1.46 bits per heavy atom. The standard InChI is InChI=1S/C8H6BrF3O/c1-13-7-4-5(9)2-3-6(7)8(10,11)12/h2-4H,1H3/i1D3. The summed E-state index contributed by atoms with van der Waals surface area (Å²) in [7, 11) is -2.92. The predicted molar refractivity (Wildman–Crippen MR) is 45.7 cm³/mol. The third kappa shape index (κ3) is 2.37. The summed E-state index contributed by atoms with van der Waals surface area (Å²) >= 11 is 2.94. The smallest absolute Gasteiger partial charge is 0.419 e. The lowest BCUT2D eigenvalue weighted by Crippen LogP contribution is -2.07. The molecule has 0 saturated heterocycles. The molecule has 1 rings (SSSR count). The molecule has 1 aromatic carbocycles. The number of hydrogen-bond acceptors (Lipinski definition) is 1. The number of ether oxygens (including phenoxy) is 1. The number of benzene rings is 1. The molecule has 0 aliphatic heterocycles. The van der Waals surface area contributed by atoms with Crippen molar-refractivity contribution in [1.82, 2.24) is 0 Å². The van der Waals surface area contributed by atoms with Crippen LogP contribution < -0.4 is 4.74 Å². The zero-order chi connectivity index (χ0) is 12.6. The second-order valence-corrected chi connectivity index (χ2v) is 3.16. The summed E-state index contributed by atoms with van der Waals surface area (Å²) in [5, 5.41) is 0. The van der Waals surface area contributed by atoms with Crippen LogP contribution in [-0.2, 0) is 6.18 Å². The highest BCUT2D eigenvalue weighted by Crippen LogP contribution is 2.37. The molecule has 0 aromatic heterocycles. The summed E-state index contributed by atoms with van der Waals surface area (Å²) in [4.78, 5) is 0. The Hall–Kier alpha value is -0.710. The maximum Gasteiger partial charge on any atom is 0.419 e. The second-order valence-electron chi connectivity index (χ2n) is 2.24. The lowest BCUT2D eigenvalue weighted by atomic mass is 10.2. The quantitative estimate of drug-likeness (QED) is 0.749. The van der Waals surface area contributed by atoms with Crippen LogP contribution in [0.5, 0.6) is 5.75 Å². The van der Waals surface area contributed by atoms with Gasteiger partial charge in [-0.1, -0.05) is 15.9 Å². The van der Waals surface area contributed by atoms with E-state index in [0.29, 0.717) is 4.47 Å². The zero-order valence-corrected chi connectivity index (χ0v) is 7.74. The van der Waals surface area contributed by atoms with Gasteiger partial charge in [-0.25, -0.2) is 0 Å². The van der Waals surface area contributed by atoms with E-state index in [1.807, 2.05) is 0 Å². The van der Waals surface area contributed by atoms with E-state index < -0.39 is 24.5 Å². The number of methoxy groups -OCH3 is 1. The average molecular weight is 258 g/mol. The molecular formula is C8H6BrF3O. The van der Waals surface area contributed by atoms with E-state index in [1.54, 1.807) is 0 Å². The minimum Gasteiger partial charge on any atom is -0.496 e. The van der Waals surface area contributed by atoms with Crippen molar-refractivity contribution in [1.29, 1.82) is 0 Å².